The molecular formula is C19H28N6O3. The van der Waals surface area contributed by atoms with Crippen LogP contribution in [0.2, 0.25) is 0 Å². The zero-order valence-corrected chi connectivity index (χ0v) is 16.9. The molecule has 3 heterocycles. The van der Waals surface area contributed by atoms with Crippen molar-refractivity contribution < 1.29 is 14.3 Å². The van der Waals surface area contributed by atoms with Gasteiger partial charge in [0.05, 0.1) is 0 Å². The molecule has 2 aromatic heterocycles. The van der Waals surface area contributed by atoms with Crippen molar-refractivity contribution in [2.45, 2.75) is 47.0 Å². The standard InChI is InChI=1S/C19H28N6O3/c1-11-7-12(2)9-24(8-11)16(26)10-28-17(27)6-5-15-13(3)21-19-22-18(20)23-25(19)14(15)4/h11-12H,5-10H2,1-4H3,(H2,20,23)/t11-,12-/m0/s1. The van der Waals surface area contributed by atoms with Gasteiger partial charge in [-0.2, -0.15) is 9.50 Å². The smallest absolute Gasteiger partial charge is 0.306 e. The Morgan fingerprint density at radius 2 is 1.86 bits per heavy atom. The third-order valence-corrected chi connectivity index (χ3v) is 5.22. The van der Waals surface area contributed by atoms with Crippen LogP contribution in [0.5, 0.6) is 0 Å². The van der Waals surface area contributed by atoms with E-state index in [1.165, 1.54) is 0 Å². The lowest BCUT2D eigenvalue weighted by Crippen LogP contribution is -2.44. The maximum atomic E-state index is 12.3. The summed E-state index contributed by atoms with van der Waals surface area (Å²) in [5, 5.41) is 4.12. The number of likely N-dealkylation sites (tertiary alicyclic amines) is 1. The number of ether oxygens (including phenoxy) is 1. The number of piperidine rings is 1. The van der Waals surface area contributed by atoms with Crippen LogP contribution in [0.3, 0.4) is 0 Å². The number of aryl methyl sites for hydroxylation is 2. The van der Waals surface area contributed by atoms with Crippen LogP contribution in [-0.4, -0.2) is 56.1 Å². The monoisotopic (exact) mass is 388 g/mol. The summed E-state index contributed by atoms with van der Waals surface area (Å²) in [7, 11) is 0. The van der Waals surface area contributed by atoms with Gasteiger partial charge in [-0.3, -0.25) is 9.59 Å². The predicted octanol–water partition coefficient (Wildman–Crippen LogP) is 1.30. The second kappa shape index (κ2) is 8.12. The first-order chi connectivity index (χ1) is 13.2. The number of aromatic nitrogens is 4. The fraction of sp³-hybridized carbons (Fsp3) is 0.632. The molecule has 1 aliphatic heterocycles. The molecule has 2 atom stereocenters. The number of hydrogen-bond acceptors (Lipinski definition) is 7. The molecule has 2 N–H and O–H groups in total. The highest BCUT2D eigenvalue weighted by Gasteiger charge is 2.26. The van der Waals surface area contributed by atoms with Gasteiger partial charge < -0.3 is 15.4 Å². The summed E-state index contributed by atoms with van der Waals surface area (Å²) >= 11 is 0. The summed E-state index contributed by atoms with van der Waals surface area (Å²) in [5.41, 5.74) is 8.15. The van der Waals surface area contributed by atoms with Gasteiger partial charge in [0, 0.05) is 30.9 Å². The van der Waals surface area contributed by atoms with Crippen molar-refractivity contribution >= 4 is 23.6 Å². The Labute approximate surface area is 164 Å². The van der Waals surface area contributed by atoms with Crippen LogP contribution in [0.15, 0.2) is 0 Å². The lowest BCUT2D eigenvalue weighted by Gasteiger charge is -2.34. The minimum Gasteiger partial charge on any atom is -0.456 e. The van der Waals surface area contributed by atoms with Crippen LogP contribution in [0.4, 0.5) is 5.95 Å². The Morgan fingerprint density at radius 3 is 2.54 bits per heavy atom. The Balaban J connectivity index is 1.54. The number of rotatable bonds is 5. The van der Waals surface area contributed by atoms with E-state index in [0.29, 0.717) is 24.0 Å². The average molecular weight is 388 g/mol. The van der Waals surface area contributed by atoms with E-state index in [0.717, 1.165) is 36.5 Å². The molecule has 0 saturated carbocycles. The van der Waals surface area contributed by atoms with Gasteiger partial charge in [0.25, 0.3) is 11.7 Å². The first-order valence-electron chi connectivity index (χ1n) is 9.66. The number of hydrogen-bond donors (Lipinski definition) is 1. The second-order valence-corrected chi connectivity index (χ2v) is 7.85. The number of fused-ring (bicyclic) bond motifs is 1. The highest BCUT2D eigenvalue weighted by molar-refractivity contribution is 5.80. The summed E-state index contributed by atoms with van der Waals surface area (Å²) in [6, 6.07) is 0. The quantitative estimate of drug-likeness (QED) is 0.768. The number of carbonyl (C=O) groups excluding carboxylic acids is 2. The Kier molecular flexibility index (Phi) is 5.81. The highest BCUT2D eigenvalue weighted by Crippen LogP contribution is 2.21. The van der Waals surface area contributed by atoms with E-state index in [-0.39, 0.29) is 24.9 Å². The van der Waals surface area contributed by atoms with E-state index in [1.54, 1.807) is 9.42 Å². The second-order valence-electron chi connectivity index (χ2n) is 7.85. The third-order valence-electron chi connectivity index (χ3n) is 5.22. The molecule has 28 heavy (non-hydrogen) atoms. The topological polar surface area (TPSA) is 116 Å². The predicted molar refractivity (Wildman–Crippen MR) is 103 cm³/mol. The molecule has 0 bridgehead atoms. The molecule has 0 aromatic carbocycles. The van der Waals surface area contributed by atoms with Gasteiger partial charge in [-0.25, -0.2) is 4.98 Å². The summed E-state index contributed by atoms with van der Waals surface area (Å²) in [4.78, 5) is 34.7. The Morgan fingerprint density at radius 1 is 1.18 bits per heavy atom. The zero-order chi connectivity index (χ0) is 20.4. The molecule has 0 aliphatic carbocycles. The summed E-state index contributed by atoms with van der Waals surface area (Å²) in [6.07, 6.45) is 1.74. The van der Waals surface area contributed by atoms with E-state index in [2.05, 4.69) is 28.9 Å². The molecule has 2 aromatic rings. The average Bonchev–Trinajstić information content (AvgIpc) is 2.99. The van der Waals surface area contributed by atoms with E-state index >= 15 is 0 Å². The van der Waals surface area contributed by atoms with Crippen molar-refractivity contribution in [1.29, 1.82) is 0 Å². The molecule has 1 amide bonds. The normalized spacial score (nSPS) is 19.8. The van der Waals surface area contributed by atoms with Gasteiger partial charge in [-0.05, 0) is 44.1 Å². The number of nitrogen functional groups attached to an aromatic ring is 1. The van der Waals surface area contributed by atoms with Crippen molar-refractivity contribution in [1.82, 2.24) is 24.5 Å². The molecule has 0 spiro atoms. The molecule has 152 valence electrons. The van der Waals surface area contributed by atoms with E-state index < -0.39 is 5.97 Å². The van der Waals surface area contributed by atoms with Crippen molar-refractivity contribution in [2.75, 3.05) is 25.4 Å². The largest absolute Gasteiger partial charge is 0.456 e. The lowest BCUT2D eigenvalue weighted by atomic mass is 9.92. The summed E-state index contributed by atoms with van der Waals surface area (Å²) in [5.74, 6) is 1.02. The fourth-order valence-electron chi connectivity index (χ4n) is 3.98. The first kappa shape index (κ1) is 20.0. The van der Waals surface area contributed by atoms with Gasteiger partial charge in [0.15, 0.2) is 6.61 Å². The van der Waals surface area contributed by atoms with Crippen LogP contribution in [0, 0.1) is 25.7 Å². The van der Waals surface area contributed by atoms with Gasteiger partial charge in [0.2, 0.25) is 5.95 Å². The van der Waals surface area contributed by atoms with Crippen LogP contribution < -0.4 is 5.73 Å². The highest BCUT2D eigenvalue weighted by atomic mass is 16.5. The Hall–Kier alpha value is -2.71. The summed E-state index contributed by atoms with van der Waals surface area (Å²) < 4.78 is 6.79. The maximum absolute atomic E-state index is 12.3. The summed E-state index contributed by atoms with van der Waals surface area (Å²) in [6.45, 7) is 9.28. The molecular weight excluding hydrogens is 360 g/mol. The van der Waals surface area contributed by atoms with Crippen LogP contribution in [0.25, 0.3) is 5.78 Å². The van der Waals surface area contributed by atoms with Crippen molar-refractivity contribution in [3.05, 3.63) is 17.0 Å². The first-order valence-corrected chi connectivity index (χ1v) is 9.66. The lowest BCUT2D eigenvalue weighted by molar-refractivity contribution is -0.153. The van der Waals surface area contributed by atoms with Crippen molar-refractivity contribution in [3.8, 4) is 0 Å². The van der Waals surface area contributed by atoms with Gasteiger partial charge >= 0.3 is 5.97 Å². The zero-order valence-electron chi connectivity index (χ0n) is 16.9. The van der Waals surface area contributed by atoms with Crippen LogP contribution in [-0.2, 0) is 20.7 Å². The molecule has 0 radical (unpaired) electrons. The SMILES string of the molecule is Cc1nc2nc(N)nn2c(C)c1CCC(=O)OCC(=O)N1C[C@@H](C)C[C@H](C)C1. The van der Waals surface area contributed by atoms with Gasteiger partial charge in [-0.1, -0.05) is 13.8 Å². The molecule has 9 nitrogen and oxygen atoms in total. The number of nitrogens with zero attached hydrogens (tertiary/aromatic N) is 5. The van der Waals surface area contributed by atoms with Crippen molar-refractivity contribution in [2.24, 2.45) is 11.8 Å². The Bertz CT molecular complexity index is 883. The maximum Gasteiger partial charge on any atom is 0.306 e. The minimum absolute atomic E-state index is 0.125. The third kappa shape index (κ3) is 4.40. The van der Waals surface area contributed by atoms with Gasteiger partial charge in [-0.15, -0.1) is 5.10 Å². The molecule has 1 saturated heterocycles. The fourth-order valence-corrected chi connectivity index (χ4v) is 3.98. The number of amides is 1. The van der Waals surface area contributed by atoms with E-state index in [1.807, 2.05) is 13.8 Å². The molecule has 0 unspecified atom stereocenters. The van der Waals surface area contributed by atoms with E-state index in [9.17, 15) is 9.59 Å². The number of esters is 1. The molecule has 3 rings (SSSR count). The molecule has 9 heteroatoms. The molecule has 1 fully saturated rings. The minimum atomic E-state index is -0.400. The van der Waals surface area contributed by atoms with Crippen LogP contribution >= 0.6 is 0 Å². The number of carbonyl (C=O) groups is 2. The number of anilines is 1. The van der Waals surface area contributed by atoms with Crippen molar-refractivity contribution in [3.63, 3.8) is 0 Å². The van der Waals surface area contributed by atoms with Crippen LogP contribution in [0.1, 0.15) is 43.6 Å². The number of nitrogens with two attached hydrogens (primary N) is 1. The van der Waals surface area contributed by atoms with Gasteiger partial charge in [0.1, 0.15) is 0 Å². The molecule has 1 aliphatic rings. The van der Waals surface area contributed by atoms with E-state index in [4.69, 9.17) is 10.5 Å².